The van der Waals surface area contributed by atoms with E-state index in [1.165, 1.54) is 0 Å². The summed E-state index contributed by atoms with van der Waals surface area (Å²) < 4.78 is 0.932. The van der Waals surface area contributed by atoms with Crippen LogP contribution in [0.1, 0.15) is 13.8 Å². The third kappa shape index (κ3) is 1.94. The first-order valence-corrected chi connectivity index (χ1v) is 4.60. The van der Waals surface area contributed by atoms with E-state index in [9.17, 15) is 0 Å². The smallest absolute Gasteiger partial charge is 0.146 e. The second-order valence-electron chi connectivity index (χ2n) is 2.90. The Bertz CT molecular complexity index is 262. The zero-order valence-electron chi connectivity index (χ0n) is 7.45. The van der Waals surface area contributed by atoms with E-state index in [4.69, 9.17) is 0 Å². The number of hydrogen-bond donors (Lipinski definition) is 0. The maximum Gasteiger partial charge on any atom is 0.146 e. The lowest BCUT2D eigenvalue weighted by Gasteiger charge is -2.22. The Morgan fingerprint density at radius 3 is 2.67 bits per heavy atom. The normalized spacial score (nSPS) is 10.4. The molecule has 0 N–H and O–H groups in total. The molecule has 66 valence electrons. The first kappa shape index (κ1) is 9.45. The topological polar surface area (TPSA) is 29.0 Å². The Morgan fingerprint density at radius 2 is 2.17 bits per heavy atom. The summed E-state index contributed by atoms with van der Waals surface area (Å²) in [4.78, 5) is 10.2. The summed E-state index contributed by atoms with van der Waals surface area (Å²) in [5.41, 5.74) is 0. The zero-order valence-corrected chi connectivity index (χ0v) is 9.04. The summed E-state index contributed by atoms with van der Waals surface area (Å²) in [6.07, 6.45) is 3.31. The Balaban J connectivity index is 2.94. The highest BCUT2D eigenvalue weighted by molar-refractivity contribution is 9.10. The standard InChI is InChI=1S/C8H12BrN3/c1-6(2)12(3)8-7(9)4-10-5-11-8/h4-6H,1-3H3. The minimum atomic E-state index is 0.441. The second-order valence-corrected chi connectivity index (χ2v) is 3.75. The molecule has 0 unspecified atom stereocenters. The summed E-state index contributed by atoms with van der Waals surface area (Å²) in [7, 11) is 2.01. The van der Waals surface area contributed by atoms with Gasteiger partial charge in [-0.2, -0.15) is 0 Å². The van der Waals surface area contributed by atoms with E-state index in [0.29, 0.717) is 6.04 Å². The molecule has 0 aliphatic carbocycles. The maximum absolute atomic E-state index is 4.17. The van der Waals surface area contributed by atoms with Crippen molar-refractivity contribution in [3.05, 3.63) is 17.0 Å². The molecule has 1 heterocycles. The van der Waals surface area contributed by atoms with Crippen LogP contribution in [0.5, 0.6) is 0 Å². The lowest BCUT2D eigenvalue weighted by molar-refractivity contribution is 0.739. The van der Waals surface area contributed by atoms with Crippen molar-refractivity contribution >= 4 is 21.7 Å². The number of nitrogens with zero attached hydrogens (tertiary/aromatic N) is 3. The van der Waals surface area contributed by atoms with Crippen molar-refractivity contribution in [3.63, 3.8) is 0 Å². The van der Waals surface area contributed by atoms with Crippen LogP contribution in [0.2, 0.25) is 0 Å². The predicted molar refractivity (Wildman–Crippen MR) is 53.3 cm³/mol. The SMILES string of the molecule is CC(C)N(C)c1ncncc1Br. The molecule has 0 saturated heterocycles. The largest absolute Gasteiger partial charge is 0.356 e. The monoisotopic (exact) mass is 229 g/mol. The molecule has 0 aliphatic rings. The number of aromatic nitrogens is 2. The molecule has 1 aromatic heterocycles. The van der Waals surface area contributed by atoms with Crippen LogP contribution in [0.15, 0.2) is 17.0 Å². The molecule has 3 nitrogen and oxygen atoms in total. The van der Waals surface area contributed by atoms with Crippen molar-refractivity contribution < 1.29 is 0 Å². The van der Waals surface area contributed by atoms with Crippen LogP contribution in [-0.2, 0) is 0 Å². The molecule has 0 amide bonds. The van der Waals surface area contributed by atoms with Gasteiger partial charge in [-0.15, -0.1) is 0 Å². The molecule has 0 spiro atoms. The molecule has 12 heavy (non-hydrogen) atoms. The zero-order chi connectivity index (χ0) is 9.14. The summed E-state index contributed by atoms with van der Waals surface area (Å²) >= 11 is 3.40. The molecule has 1 aromatic rings. The predicted octanol–water partition coefficient (Wildman–Crippen LogP) is 2.08. The number of halogens is 1. The van der Waals surface area contributed by atoms with Gasteiger partial charge in [-0.3, -0.25) is 0 Å². The number of anilines is 1. The van der Waals surface area contributed by atoms with E-state index in [-0.39, 0.29) is 0 Å². The van der Waals surface area contributed by atoms with Gasteiger partial charge >= 0.3 is 0 Å². The van der Waals surface area contributed by atoms with Gasteiger partial charge in [-0.1, -0.05) is 0 Å². The van der Waals surface area contributed by atoms with Gasteiger partial charge in [0.2, 0.25) is 0 Å². The average Bonchev–Trinajstić information content (AvgIpc) is 2.04. The van der Waals surface area contributed by atoms with Gasteiger partial charge in [0, 0.05) is 19.3 Å². The molecular weight excluding hydrogens is 218 g/mol. The lowest BCUT2D eigenvalue weighted by atomic mass is 10.3. The molecule has 4 heteroatoms. The number of hydrogen-bond acceptors (Lipinski definition) is 3. The Hall–Kier alpha value is -0.640. The van der Waals surface area contributed by atoms with Crippen LogP contribution in [0.4, 0.5) is 5.82 Å². The van der Waals surface area contributed by atoms with Crippen LogP contribution in [0.25, 0.3) is 0 Å². The highest BCUT2D eigenvalue weighted by Crippen LogP contribution is 2.21. The van der Waals surface area contributed by atoms with Crippen molar-refractivity contribution in [2.75, 3.05) is 11.9 Å². The van der Waals surface area contributed by atoms with E-state index in [2.05, 4.69) is 44.6 Å². The van der Waals surface area contributed by atoms with Crippen LogP contribution in [0.3, 0.4) is 0 Å². The fourth-order valence-corrected chi connectivity index (χ4v) is 1.31. The highest BCUT2D eigenvalue weighted by Gasteiger charge is 2.09. The fourth-order valence-electron chi connectivity index (χ4n) is 0.810. The molecule has 0 atom stereocenters. The van der Waals surface area contributed by atoms with E-state index in [0.717, 1.165) is 10.3 Å². The molecule has 0 radical (unpaired) electrons. The minimum absolute atomic E-state index is 0.441. The molecule has 0 aliphatic heterocycles. The Labute approximate surface area is 81.0 Å². The quantitative estimate of drug-likeness (QED) is 0.778. The molecule has 1 rings (SSSR count). The molecule has 0 saturated carbocycles. The van der Waals surface area contributed by atoms with Crippen molar-refractivity contribution in [2.45, 2.75) is 19.9 Å². The van der Waals surface area contributed by atoms with E-state index < -0.39 is 0 Å². The molecule has 0 fully saturated rings. The van der Waals surface area contributed by atoms with Crippen LogP contribution >= 0.6 is 15.9 Å². The van der Waals surface area contributed by atoms with E-state index >= 15 is 0 Å². The van der Waals surface area contributed by atoms with Gasteiger partial charge in [0.25, 0.3) is 0 Å². The summed E-state index contributed by atoms with van der Waals surface area (Å²) in [5.74, 6) is 0.931. The van der Waals surface area contributed by atoms with Gasteiger partial charge in [-0.25, -0.2) is 9.97 Å². The Kier molecular flexibility index (Phi) is 3.03. The molecular formula is C8H12BrN3. The second kappa shape index (κ2) is 3.85. The third-order valence-corrected chi connectivity index (χ3v) is 2.32. The van der Waals surface area contributed by atoms with Crippen molar-refractivity contribution in [1.82, 2.24) is 9.97 Å². The first-order chi connectivity index (χ1) is 5.63. The van der Waals surface area contributed by atoms with Crippen LogP contribution < -0.4 is 4.90 Å². The van der Waals surface area contributed by atoms with Crippen molar-refractivity contribution in [3.8, 4) is 0 Å². The summed E-state index contributed by atoms with van der Waals surface area (Å²) in [6.45, 7) is 4.24. The first-order valence-electron chi connectivity index (χ1n) is 3.81. The lowest BCUT2D eigenvalue weighted by Crippen LogP contribution is -2.26. The van der Waals surface area contributed by atoms with Crippen LogP contribution in [-0.4, -0.2) is 23.1 Å². The maximum atomic E-state index is 4.17. The van der Waals surface area contributed by atoms with Gasteiger partial charge in [0.1, 0.15) is 12.1 Å². The third-order valence-electron chi connectivity index (χ3n) is 1.76. The Morgan fingerprint density at radius 1 is 1.50 bits per heavy atom. The van der Waals surface area contributed by atoms with Crippen molar-refractivity contribution in [2.24, 2.45) is 0 Å². The highest BCUT2D eigenvalue weighted by atomic mass is 79.9. The van der Waals surface area contributed by atoms with Gasteiger partial charge in [0.05, 0.1) is 4.47 Å². The minimum Gasteiger partial charge on any atom is -0.356 e. The van der Waals surface area contributed by atoms with Gasteiger partial charge < -0.3 is 4.90 Å². The summed E-state index contributed by atoms with van der Waals surface area (Å²) in [6, 6.07) is 0.441. The van der Waals surface area contributed by atoms with E-state index in [1.807, 2.05) is 7.05 Å². The van der Waals surface area contributed by atoms with Gasteiger partial charge in [0.15, 0.2) is 0 Å². The average molecular weight is 230 g/mol. The molecule has 0 bridgehead atoms. The van der Waals surface area contributed by atoms with Crippen LogP contribution in [0, 0.1) is 0 Å². The van der Waals surface area contributed by atoms with E-state index in [1.54, 1.807) is 12.5 Å². The van der Waals surface area contributed by atoms with Crippen molar-refractivity contribution in [1.29, 1.82) is 0 Å². The van der Waals surface area contributed by atoms with Gasteiger partial charge in [-0.05, 0) is 29.8 Å². The molecule has 0 aromatic carbocycles. The summed E-state index contributed by atoms with van der Waals surface area (Å²) in [5, 5.41) is 0. The number of rotatable bonds is 2. The fraction of sp³-hybridized carbons (Fsp3) is 0.500.